The van der Waals surface area contributed by atoms with Crippen LogP contribution in [0.25, 0.3) is 0 Å². The lowest BCUT2D eigenvalue weighted by molar-refractivity contribution is -0.146. The molecule has 1 aliphatic carbocycles. The number of ether oxygens (including phenoxy) is 1. The minimum absolute atomic E-state index is 0.0366. The minimum Gasteiger partial charge on any atom is -0.468 e. The van der Waals surface area contributed by atoms with Gasteiger partial charge in [-0.15, -0.1) is 0 Å². The van der Waals surface area contributed by atoms with Crippen LogP contribution in [0.4, 0.5) is 0 Å². The zero-order valence-electron chi connectivity index (χ0n) is 9.58. The summed E-state index contributed by atoms with van der Waals surface area (Å²) in [5.74, 6) is 0.792. The molecule has 0 radical (unpaired) electrons. The minimum atomic E-state index is -0.0366. The number of carbonyl (C=O) groups excluding carboxylic acids is 1. The van der Waals surface area contributed by atoms with Gasteiger partial charge in [0.25, 0.3) is 0 Å². The maximum atomic E-state index is 11.5. The van der Waals surface area contributed by atoms with E-state index >= 15 is 0 Å². The first-order valence-electron chi connectivity index (χ1n) is 6.13. The molecule has 1 atom stereocenters. The van der Waals surface area contributed by atoms with Gasteiger partial charge in [-0.3, -0.25) is 9.69 Å². The van der Waals surface area contributed by atoms with Gasteiger partial charge in [0, 0.05) is 6.54 Å². The molecule has 0 bridgehead atoms. The topological polar surface area (TPSA) is 29.5 Å². The summed E-state index contributed by atoms with van der Waals surface area (Å²) >= 11 is 0. The van der Waals surface area contributed by atoms with E-state index in [1.807, 2.05) is 0 Å². The summed E-state index contributed by atoms with van der Waals surface area (Å²) in [5, 5.41) is 0. The Morgan fingerprint density at radius 1 is 1.27 bits per heavy atom. The van der Waals surface area contributed by atoms with Gasteiger partial charge in [-0.1, -0.05) is 12.8 Å². The van der Waals surface area contributed by atoms with Gasteiger partial charge in [0.05, 0.1) is 7.11 Å². The van der Waals surface area contributed by atoms with Gasteiger partial charge in [0.15, 0.2) is 0 Å². The highest BCUT2D eigenvalue weighted by molar-refractivity contribution is 5.75. The van der Waals surface area contributed by atoms with Crippen molar-refractivity contribution in [1.82, 2.24) is 4.90 Å². The van der Waals surface area contributed by atoms with Crippen molar-refractivity contribution in [1.29, 1.82) is 0 Å². The maximum absolute atomic E-state index is 11.5. The molecule has 1 saturated heterocycles. The maximum Gasteiger partial charge on any atom is 0.323 e. The van der Waals surface area contributed by atoms with Gasteiger partial charge in [0.1, 0.15) is 6.04 Å². The van der Waals surface area contributed by atoms with Crippen molar-refractivity contribution in [2.45, 2.75) is 44.6 Å². The van der Waals surface area contributed by atoms with Crippen molar-refractivity contribution in [3.05, 3.63) is 0 Å². The third-order valence-electron chi connectivity index (χ3n) is 3.80. The quantitative estimate of drug-likeness (QED) is 0.667. The molecule has 0 spiro atoms. The molecule has 0 aromatic heterocycles. The Balaban J connectivity index is 1.86. The summed E-state index contributed by atoms with van der Waals surface area (Å²) in [7, 11) is 1.49. The largest absolute Gasteiger partial charge is 0.468 e. The Labute approximate surface area is 91.8 Å². The van der Waals surface area contributed by atoms with E-state index in [0.29, 0.717) is 0 Å². The predicted octanol–water partition coefficient (Wildman–Crippen LogP) is 1.81. The van der Waals surface area contributed by atoms with Crippen LogP contribution in [0, 0.1) is 5.92 Å². The second-order valence-electron chi connectivity index (χ2n) is 4.83. The van der Waals surface area contributed by atoms with Gasteiger partial charge in [0.2, 0.25) is 0 Å². The fourth-order valence-corrected chi connectivity index (χ4v) is 2.97. The molecular formula is C12H21NO2. The summed E-state index contributed by atoms with van der Waals surface area (Å²) in [4.78, 5) is 13.9. The Kier molecular flexibility index (Phi) is 3.62. The van der Waals surface area contributed by atoms with Crippen LogP contribution in [0.5, 0.6) is 0 Å². The molecule has 3 nitrogen and oxygen atoms in total. The van der Waals surface area contributed by atoms with E-state index in [1.165, 1.54) is 32.8 Å². The van der Waals surface area contributed by atoms with Crippen LogP contribution < -0.4 is 0 Å². The van der Waals surface area contributed by atoms with Crippen LogP contribution in [0.1, 0.15) is 38.5 Å². The summed E-state index contributed by atoms with van der Waals surface area (Å²) in [5.41, 5.74) is 0. The third kappa shape index (κ3) is 2.51. The fourth-order valence-electron chi connectivity index (χ4n) is 2.97. The van der Waals surface area contributed by atoms with E-state index in [4.69, 9.17) is 4.74 Å². The number of carbonyl (C=O) groups is 1. The van der Waals surface area contributed by atoms with Crippen LogP contribution in [0.3, 0.4) is 0 Å². The van der Waals surface area contributed by atoms with Gasteiger partial charge in [-0.2, -0.15) is 0 Å². The molecule has 2 aliphatic rings. The fraction of sp³-hybridized carbons (Fsp3) is 0.917. The van der Waals surface area contributed by atoms with Crippen LogP contribution in [-0.2, 0) is 9.53 Å². The van der Waals surface area contributed by atoms with Crippen molar-refractivity contribution in [3.8, 4) is 0 Å². The molecule has 86 valence electrons. The second kappa shape index (κ2) is 4.97. The average Bonchev–Trinajstić information content (AvgIpc) is 2.88. The van der Waals surface area contributed by atoms with Crippen molar-refractivity contribution in [2.75, 3.05) is 20.2 Å². The predicted molar refractivity (Wildman–Crippen MR) is 58.6 cm³/mol. The van der Waals surface area contributed by atoms with Crippen LogP contribution >= 0.6 is 0 Å². The molecule has 2 rings (SSSR count). The first kappa shape index (κ1) is 10.9. The molecule has 1 aliphatic heterocycles. The average molecular weight is 211 g/mol. The Hall–Kier alpha value is -0.570. The third-order valence-corrected chi connectivity index (χ3v) is 3.80. The van der Waals surface area contributed by atoms with E-state index in [9.17, 15) is 4.79 Å². The van der Waals surface area contributed by atoms with Gasteiger partial charge in [-0.25, -0.2) is 0 Å². The Bertz CT molecular complexity index is 224. The second-order valence-corrected chi connectivity index (χ2v) is 4.83. The molecule has 0 N–H and O–H groups in total. The lowest BCUT2D eigenvalue weighted by Gasteiger charge is -2.25. The van der Waals surface area contributed by atoms with Crippen molar-refractivity contribution in [2.24, 2.45) is 5.92 Å². The molecule has 1 unspecified atom stereocenters. The molecule has 15 heavy (non-hydrogen) atoms. The normalized spacial score (nSPS) is 28.5. The number of hydrogen-bond donors (Lipinski definition) is 0. The first-order valence-corrected chi connectivity index (χ1v) is 6.13. The molecule has 1 saturated carbocycles. The summed E-state index contributed by atoms with van der Waals surface area (Å²) in [6, 6.07) is 0.0515. The molecule has 0 aromatic rings. The highest BCUT2D eigenvalue weighted by Gasteiger charge is 2.33. The molecule has 1 heterocycles. The monoisotopic (exact) mass is 211 g/mol. The van der Waals surface area contributed by atoms with E-state index in [2.05, 4.69) is 4.90 Å². The zero-order chi connectivity index (χ0) is 10.7. The van der Waals surface area contributed by atoms with E-state index < -0.39 is 0 Å². The number of rotatable bonds is 3. The van der Waals surface area contributed by atoms with Crippen LogP contribution in [0.2, 0.25) is 0 Å². The van der Waals surface area contributed by atoms with E-state index in [0.717, 1.165) is 31.8 Å². The standard InChI is InChI=1S/C12H21NO2/c1-15-12(14)11-7-4-8-13(11)9-10-5-2-3-6-10/h10-11H,2-9H2,1H3. The molecule has 3 heteroatoms. The first-order chi connectivity index (χ1) is 7.31. The van der Waals surface area contributed by atoms with Gasteiger partial charge in [-0.05, 0) is 38.1 Å². The highest BCUT2D eigenvalue weighted by atomic mass is 16.5. The van der Waals surface area contributed by atoms with E-state index in [-0.39, 0.29) is 12.0 Å². The molecule has 0 aromatic carbocycles. The Morgan fingerprint density at radius 2 is 2.00 bits per heavy atom. The van der Waals surface area contributed by atoms with Gasteiger partial charge >= 0.3 is 5.97 Å². The van der Waals surface area contributed by atoms with Crippen molar-refractivity contribution < 1.29 is 9.53 Å². The van der Waals surface area contributed by atoms with Crippen LogP contribution in [-0.4, -0.2) is 37.1 Å². The molecule has 0 amide bonds. The van der Waals surface area contributed by atoms with Crippen LogP contribution in [0.15, 0.2) is 0 Å². The van der Waals surface area contributed by atoms with E-state index in [1.54, 1.807) is 0 Å². The Morgan fingerprint density at radius 3 is 2.67 bits per heavy atom. The van der Waals surface area contributed by atoms with Crippen molar-refractivity contribution >= 4 is 5.97 Å². The molecule has 2 fully saturated rings. The lowest BCUT2D eigenvalue weighted by Crippen LogP contribution is -2.39. The summed E-state index contributed by atoms with van der Waals surface area (Å²) < 4.78 is 4.85. The zero-order valence-corrected chi connectivity index (χ0v) is 9.58. The lowest BCUT2D eigenvalue weighted by atomic mass is 10.1. The SMILES string of the molecule is COC(=O)C1CCCN1CC1CCCC1. The number of methoxy groups -OCH3 is 1. The number of esters is 1. The van der Waals surface area contributed by atoms with Crippen molar-refractivity contribution in [3.63, 3.8) is 0 Å². The number of nitrogens with zero attached hydrogens (tertiary/aromatic N) is 1. The number of likely N-dealkylation sites (tertiary alicyclic amines) is 1. The molecular weight excluding hydrogens is 190 g/mol. The highest BCUT2D eigenvalue weighted by Crippen LogP contribution is 2.28. The number of hydrogen-bond acceptors (Lipinski definition) is 3. The summed E-state index contributed by atoms with van der Waals surface area (Å²) in [6.45, 7) is 2.19. The van der Waals surface area contributed by atoms with Gasteiger partial charge < -0.3 is 4.74 Å². The smallest absolute Gasteiger partial charge is 0.323 e. The summed E-state index contributed by atoms with van der Waals surface area (Å²) in [6.07, 6.45) is 7.59.